The number of rotatable bonds is 4. The molecule has 0 aliphatic rings. The average Bonchev–Trinajstić information content (AvgIpc) is 2.47. The highest BCUT2D eigenvalue weighted by Crippen LogP contribution is 2.34. The van der Waals surface area contributed by atoms with Crippen LogP contribution in [0, 0.1) is 0 Å². The number of aromatic hydroxyl groups is 1. The fraction of sp³-hybridized carbons (Fsp3) is 0.333. The Labute approximate surface area is 132 Å². The zero-order valence-corrected chi connectivity index (χ0v) is 14.0. The first-order chi connectivity index (χ1) is 9.97. The van der Waals surface area contributed by atoms with Gasteiger partial charge in [0.25, 0.3) is 0 Å². The predicted octanol–water partition coefficient (Wildman–Crippen LogP) is 3.79. The maximum atomic E-state index is 9.91. The van der Waals surface area contributed by atoms with Crippen LogP contribution in [-0.4, -0.2) is 29.2 Å². The molecular weight excluding hydrogens is 334 g/mol. The van der Waals surface area contributed by atoms with E-state index in [4.69, 9.17) is 4.74 Å². The van der Waals surface area contributed by atoms with Gasteiger partial charge in [-0.1, -0.05) is 13.8 Å². The predicted molar refractivity (Wildman–Crippen MR) is 87.0 cm³/mol. The van der Waals surface area contributed by atoms with Crippen LogP contribution in [-0.2, 0) is 0 Å². The van der Waals surface area contributed by atoms with Crippen LogP contribution in [0.5, 0.6) is 11.5 Å². The summed E-state index contributed by atoms with van der Waals surface area (Å²) in [4.78, 5) is 9.08. The molecule has 2 rings (SSSR count). The molecule has 1 heterocycles. The fourth-order valence-corrected chi connectivity index (χ4v) is 2.80. The Morgan fingerprint density at radius 1 is 1.29 bits per heavy atom. The van der Waals surface area contributed by atoms with Crippen LogP contribution < -0.4 is 10.1 Å². The molecule has 2 aromatic rings. The van der Waals surface area contributed by atoms with Crippen molar-refractivity contribution in [2.24, 2.45) is 0 Å². The van der Waals surface area contributed by atoms with E-state index in [0.717, 1.165) is 21.5 Å². The summed E-state index contributed by atoms with van der Waals surface area (Å²) >= 11 is 3.53. The highest BCUT2D eigenvalue weighted by atomic mass is 79.9. The second kappa shape index (κ2) is 6.30. The molecule has 0 aliphatic heterocycles. The number of benzene rings is 1. The first-order valence-corrected chi connectivity index (χ1v) is 7.39. The van der Waals surface area contributed by atoms with Crippen molar-refractivity contribution in [2.45, 2.75) is 19.8 Å². The molecular formula is C15H18BrN3O2. The molecule has 6 heteroatoms. The summed E-state index contributed by atoms with van der Waals surface area (Å²) in [6.07, 6.45) is 0. The Morgan fingerprint density at radius 3 is 2.52 bits per heavy atom. The molecule has 21 heavy (non-hydrogen) atoms. The number of halogens is 1. The molecule has 0 unspecified atom stereocenters. The molecule has 0 spiro atoms. The Hall–Kier alpha value is -1.82. The van der Waals surface area contributed by atoms with Crippen molar-refractivity contribution >= 4 is 21.7 Å². The third-order valence-electron chi connectivity index (χ3n) is 3.10. The summed E-state index contributed by atoms with van der Waals surface area (Å²) in [7, 11) is 3.33. The highest BCUT2D eigenvalue weighted by molar-refractivity contribution is 9.10. The molecule has 1 aromatic carbocycles. The number of nitrogens with one attached hydrogen (secondary N) is 1. The molecule has 112 valence electrons. The van der Waals surface area contributed by atoms with Gasteiger partial charge in [0, 0.05) is 12.6 Å². The van der Waals surface area contributed by atoms with Gasteiger partial charge in [0.15, 0.2) is 17.3 Å². The van der Waals surface area contributed by atoms with Gasteiger partial charge in [-0.3, -0.25) is 0 Å². The minimum absolute atomic E-state index is 0.0682. The van der Waals surface area contributed by atoms with E-state index in [1.807, 2.05) is 13.1 Å². The van der Waals surface area contributed by atoms with Crippen LogP contribution in [0.15, 0.2) is 22.7 Å². The normalized spacial score (nSPS) is 10.8. The van der Waals surface area contributed by atoms with E-state index in [9.17, 15) is 5.11 Å². The summed E-state index contributed by atoms with van der Waals surface area (Å²) < 4.78 is 5.91. The van der Waals surface area contributed by atoms with Gasteiger partial charge in [-0.2, -0.15) is 0 Å². The van der Waals surface area contributed by atoms with Crippen molar-refractivity contribution in [1.29, 1.82) is 0 Å². The number of phenols is 1. The number of phenolic OH excluding ortho intramolecular Hbond substituents is 1. The van der Waals surface area contributed by atoms with Gasteiger partial charge in [0.05, 0.1) is 17.3 Å². The number of methoxy groups -OCH3 is 1. The third-order valence-corrected chi connectivity index (χ3v) is 3.88. The molecule has 0 radical (unpaired) electrons. The maximum absolute atomic E-state index is 9.91. The monoisotopic (exact) mass is 351 g/mol. The van der Waals surface area contributed by atoms with Crippen LogP contribution >= 0.6 is 15.9 Å². The average molecular weight is 352 g/mol. The zero-order valence-electron chi connectivity index (χ0n) is 12.4. The van der Waals surface area contributed by atoms with Gasteiger partial charge in [-0.15, -0.1) is 0 Å². The SMILES string of the molecule is CNc1nc(-c2ccc(OC)c(O)c2)nc(C(C)C)c1Br. The number of ether oxygens (including phenoxy) is 1. The molecule has 0 saturated carbocycles. The number of nitrogens with zero attached hydrogens (tertiary/aromatic N) is 2. The molecule has 5 nitrogen and oxygen atoms in total. The van der Waals surface area contributed by atoms with Crippen molar-refractivity contribution in [3.05, 3.63) is 28.4 Å². The van der Waals surface area contributed by atoms with Crippen molar-refractivity contribution in [3.8, 4) is 22.9 Å². The van der Waals surface area contributed by atoms with Crippen molar-refractivity contribution < 1.29 is 9.84 Å². The van der Waals surface area contributed by atoms with E-state index in [1.165, 1.54) is 7.11 Å². The largest absolute Gasteiger partial charge is 0.504 e. The minimum Gasteiger partial charge on any atom is -0.504 e. The van der Waals surface area contributed by atoms with E-state index in [-0.39, 0.29) is 11.7 Å². The van der Waals surface area contributed by atoms with Crippen LogP contribution in [0.4, 0.5) is 5.82 Å². The fourth-order valence-electron chi connectivity index (χ4n) is 1.97. The molecule has 0 fully saturated rings. The second-order valence-corrected chi connectivity index (χ2v) is 5.68. The Morgan fingerprint density at radius 2 is 2.00 bits per heavy atom. The molecule has 0 amide bonds. The second-order valence-electron chi connectivity index (χ2n) is 4.89. The molecule has 0 aliphatic carbocycles. The van der Waals surface area contributed by atoms with Crippen molar-refractivity contribution in [2.75, 3.05) is 19.5 Å². The summed E-state index contributed by atoms with van der Waals surface area (Å²) in [5, 5.41) is 13.0. The van der Waals surface area contributed by atoms with Gasteiger partial charge in [-0.05, 0) is 40.0 Å². The van der Waals surface area contributed by atoms with E-state index in [0.29, 0.717) is 11.6 Å². The first-order valence-electron chi connectivity index (χ1n) is 6.60. The van der Waals surface area contributed by atoms with Crippen molar-refractivity contribution in [1.82, 2.24) is 9.97 Å². The van der Waals surface area contributed by atoms with Crippen molar-refractivity contribution in [3.63, 3.8) is 0 Å². The minimum atomic E-state index is 0.0682. The third kappa shape index (κ3) is 3.10. The highest BCUT2D eigenvalue weighted by Gasteiger charge is 2.16. The number of aromatic nitrogens is 2. The van der Waals surface area contributed by atoms with Gasteiger partial charge in [0.2, 0.25) is 0 Å². The van der Waals surface area contributed by atoms with Crippen LogP contribution in [0.3, 0.4) is 0 Å². The summed E-state index contributed by atoms with van der Waals surface area (Å²) in [6, 6.07) is 5.13. The molecule has 0 bridgehead atoms. The van der Waals surface area contributed by atoms with Gasteiger partial charge in [0.1, 0.15) is 5.82 Å². The lowest BCUT2D eigenvalue weighted by molar-refractivity contribution is 0.373. The lowest BCUT2D eigenvalue weighted by atomic mass is 10.1. The maximum Gasteiger partial charge on any atom is 0.161 e. The lowest BCUT2D eigenvalue weighted by Crippen LogP contribution is -2.04. The van der Waals surface area contributed by atoms with Gasteiger partial charge in [-0.25, -0.2) is 9.97 Å². The quantitative estimate of drug-likeness (QED) is 0.877. The molecule has 1 aromatic heterocycles. The molecule has 0 atom stereocenters. The summed E-state index contributed by atoms with van der Waals surface area (Å²) in [6.45, 7) is 4.14. The standard InChI is InChI=1S/C15H18BrN3O2/c1-8(2)13-12(16)15(17-3)19-14(18-13)9-5-6-11(21-4)10(20)7-9/h5-8,20H,1-4H3,(H,17,18,19). The Balaban J connectivity index is 2.58. The number of anilines is 1. The smallest absolute Gasteiger partial charge is 0.161 e. The Kier molecular flexibility index (Phi) is 4.67. The zero-order chi connectivity index (χ0) is 15.6. The summed E-state index contributed by atoms with van der Waals surface area (Å²) in [5.41, 5.74) is 1.65. The van der Waals surface area contributed by atoms with E-state index in [1.54, 1.807) is 12.1 Å². The molecule has 0 saturated heterocycles. The van der Waals surface area contributed by atoms with Crippen LogP contribution in [0.2, 0.25) is 0 Å². The number of hydrogen-bond acceptors (Lipinski definition) is 5. The van der Waals surface area contributed by atoms with E-state index in [2.05, 4.69) is 45.1 Å². The topological polar surface area (TPSA) is 67.3 Å². The van der Waals surface area contributed by atoms with Crippen LogP contribution in [0.1, 0.15) is 25.5 Å². The summed E-state index contributed by atoms with van der Waals surface area (Å²) in [5.74, 6) is 2.02. The first kappa shape index (κ1) is 15.6. The number of hydrogen-bond donors (Lipinski definition) is 2. The Bertz CT molecular complexity index is 660. The van der Waals surface area contributed by atoms with Gasteiger partial charge < -0.3 is 15.2 Å². The van der Waals surface area contributed by atoms with E-state index >= 15 is 0 Å². The molecule has 2 N–H and O–H groups in total. The van der Waals surface area contributed by atoms with E-state index < -0.39 is 0 Å². The van der Waals surface area contributed by atoms with Gasteiger partial charge >= 0.3 is 0 Å². The lowest BCUT2D eigenvalue weighted by Gasteiger charge is -2.14. The van der Waals surface area contributed by atoms with Crippen LogP contribution in [0.25, 0.3) is 11.4 Å².